The lowest BCUT2D eigenvalue weighted by atomic mass is 10.0. The molecule has 1 aromatic heterocycles. The Morgan fingerprint density at radius 2 is 2.12 bits per heavy atom. The van der Waals surface area contributed by atoms with Gasteiger partial charge in [0.2, 0.25) is 0 Å². The minimum absolute atomic E-state index is 0.394. The van der Waals surface area contributed by atoms with Crippen LogP contribution in [0.4, 0.5) is 0 Å². The molecule has 16 heavy (non-hydrogen) atoms. The van der Waals surface area contributed by atoms with E-state index in [9.17, 15) is 5.11 Å². The maximum atomic E-state index is 10.4. The highest BCUT2D eigenvalue weighted by molar-refractivity contribution is 6.31. The van der Waals surface area contributed by atoms with Crippen molar-refractivity contribution in [3.63, 3.8) is 0 Å². The van der Waals surface area contributed by atoms with Gasteiger partial charge in [-0.05, 0) is 13.8 Å². The van der Waals surface area contributed by atoms with Crippen LogP contribution in [0.2, 0.25) is 5.02 Å². The molecule has 0 fully saturated rings. The van der Waals surface area contributed by atoms with Crippen molar-refractivity contribution in [3.8, 4) is 0 Å². The van der Waals surface area contributed by atoms with Gasteiger partial charge in [-0.3, -0.25) is 4.68 Å². The summed E-state index contributed by atoms with van der Waals surface area (Å²) < 4.78 is 11.8. The minimum atomic E-state index is -1.35. The number of hydrogen-bond donors (Lipinski definition) is 1. The van der Waals surface area contributed by atoms with Crippen molar-refractivity contribution in [1.82, 2.24) is 9.78 Å². The molecule has 0 bridgehead atoms. The van der Waals surface area contributed by atoms with E-state index in [0.29, 0.717) is 17.3 Å². The molecule has 0 saturated carbocycles. The number of nitrogens with zero attached hydrogens (tertiary/aromatic N) is 2. The van der Waals surface area contributed by atoms with Crippen LogP contribution < -0.4 is 0 Å². The Morgan fingerprint density at radius 1 is 1.56 bits per heavy atom. The summed E-state index contributed by atoms with van der Waals surface area (Å²) in [5, 5.41) is 14.9. The van der Waals surface area contributed by atoms with Crippen LogP contribution in [0.5, 0.6) is 0 Å². The van der Waals surface area contributed by atoms with Crippen molar-refractivity contribution in [1.29, 1.82) is 0 Å². The molecule has 1 N–H and O–H groups in total. The molecule has 1 unspecified atom stereocenters. The summed E-state index contributed by atoms with van der Waals surface area (Å²) >= 11 is 6.01. The zero-order valence-electron chi connectivity index (χ0n) is 9.90. The first-order valence-corrected chi connectivity index (χ1v) is 5.36. The Bertz CT molecular complexity index is 348. The Kier molecular flexibility index (Phi) is 4.32. The molecule has 1 aromatic rings. The lowest BCUT2D eigenvalue weighted by Gasteiger charge is -2.31. The van der Waals surface area contributed by atoms with Gasteiger partial charge in [0.15, 0.2) is 11.9 Å². The van der Waals surface area contributed by atoms with Crippen LogP contribution in [0.1, 0.15) is 19.5 Å². The number of ether oxygens (including phenoxy) is 2. The molecule has 0 spiro atoms. The molecule has 6 heteroatoms. The van der Waals surface area contributed by atoms with Crippen LogP contribution in [0, 0.1) is 0 Å². The van der Waals surface area contributed by atoms with E-state index >= 15 is 0 Å². The SMILES string of the molecule is CCn1ncc(Cl)c1C(C)(O)C(OC)OC. The normalized spacial score (nSPS) is 15.4. The average molecular weight is 249 g/mol. The van der Waals surface area contributed by atoms with Crippen molar-refractivity contribution in [2.24, 2.45) is 0 Å². The van der Waals surface area contributed by atoms with Gasteiger partial charge in [-0.25, -0.2) is 0 Å². The summed E-state index contributed by atoms with van der Waals surface area (Å²) in [7, 11) is 2.92. The van der Waals surface area contributed by atoms with E-state index in [2.05, 4.69) is 5.10 Å². The molecule has 1 rings (SSSR count). The molecule has 0 aromatic carbocycles. The van der Waals surface area contributed by atoms with Gasteiger partial charge in [-0.2, -0.15) is 5.10 Å². The second-order valence-corrected chi connectivity index (χ2v) is 4.01. The highest BCUT2D eigenvalue weighted by atomic mass is 35.5. The van der Waals surface area contributed by atoms with Gasteiger partial charge >= 0.3 is 0 Å². The standard InChI is InChI=1S/C10H17ClN2O3/c1-5-13-8(7(11)6-12-13)10(2,14)9(15-3)16-4/h6,9,14H,5H2,1-4H3. The molecule has 1 heterocycles. The van der Waals surface area contributed by atoms with Crippen LogP contribution in [-0.4, -0.2) is 35.4 Å². The monoisotopic (exact) mass is 248 g/mol. The number of rotatable bonds is 5. The Balaban J connectivity index is 3.18. The third-order valence-electron chi connectivity index (χ3n) is 2.46. The summed E-state index contributed by atoms with van der Waals surface area (Å²) in [6.07, 6.45) is 0.698. The molecule has 0 aliphatic rings. The van der Waals surface area contributed by atoms with E-state index < -0.39 is 11.9 Å². The molecule has 0 radical (unpaired) electrons. The summed E-state index contributed by atoms with van der Waals surface area (Å²) in [5.74, 6) is 0. The summed E-state index contributed by atoms with van der Waals surface area (Å²) in [6.45, 7) is 4.11. The number of hydrogen-bond acceptors (Lipinski definition) is 4. The van der Waals surface area contributed by atoms with Gasteiger partial charge in [-0.1, -0.05) is 11.6 Å². The lowest BCUT2D eigenvalue weighted by Crippen LogP contribution is -2.41. The Morgan fingerprint density at radius 3 is 2.56 bits per heavy atom. The zero-order chi connectivity index (χ0) is 12.3. The Hall–Kier alpha value is -0.620. The lowest BCUT2D eigenvalue weighted by molar-refractivity contribution is -0.215. The molecular formula is C10H17ClN2O3. The van der Waals surface area contributed by atoms with Crippen molar-refractivity contribution in [2.45, 2.75) is 32.3 Å². The Labute approximate surface area is 99.9 Å². The summed E-state index contributed by atoms with van der Waals surface area (Å²) in [4.78, 5) is 0. The predicted molar refractivity (Wildman–Crippen MR) is 60.3 cm³/mol. The van der Waals surface area contributed by atoms with Crippen LogP contribution in [0.15, 0.2) is 6.20 Å². The molecule has 0 saturated heterocycles. The number of aromatic nitrogens is 2. The number of aliphatic hydroxyl groups is 1. The average Bonchev–Trinajstić information content (AvgIpc) is 2.61. The fraction of sp³-hybridized carbons (Fsp3) is 0.700. The first-order valence-electron chi connectivity index (χ1n) is 4.98. The highest BCUT2D eigenvalue weighted by Gasteiger charge is 2.39. The molecular weight excluding hydrogens is 232 g/mol. The smallest absolute Gasteiger partial charge is 0.191 e. The highest BCUT2D eigenvalue weighted by Crippen LogP contribution is 2.32. The summed E-state index contributed by atoms with van der Waals surface area (Å²) in [5.41, 5.74) is -0.863. The molecule has 92 valence electrons. The van der Waals surface area contributed by atoms with Gasteiger partial charge in [0.1, 0.15) is 0 Å². The maximum Gasteiger partial charge on any atom is 0.191 e. The third kappa shape index (κ3) is 2.22. The fourth-order valence-corrected chi connectivity index (χ4v) is 2.10. The van der Waals surface area contributed by atoms with Crippen LogP contribution in [-0.2, 0) is 21.6 Å². The van der Waals surface area contributed by atoms with Crippen molar-refractivity contribution >= 4 is 11.6 Å². The maximum absolute atomic E-state index is 10.4. The van der Waals surface area contributed by atoms with E-state index in [1.54, 1.807) is 11.6 Å². The van der Waals surface area contributed by atoms with E-state index in [4.69, 9.17) is 21.1 Å². The quantitative estimate of drug-likeness (QED) is 0.800. The number of aryl methyl sites for hydroxylation is 1. The van der Waals surface area contributed by atoms with Gasteiger partial charge in [0.05, 0.1) is 16.9 Å². The van der Waals surface area contributed by atoms with Crippen molar-refractivity contribution in [2.75, 3.05) is 14.2 Å². The van der Waals surface area contributed by atoms with Crippen molar-refractivity contribution in [3.05, 3.63) is 16.9 Å². The fourth-order valence-electron chi connectivity index (χ4n) is 1.77. The van der Waals surface area contributed by atoms with Gasteiger partial charge in [-0.15, -0.1) is 0 Å². The zero-order valence-corrected chi connectivity index (χ0v) is 10.7. The van der Waals surface area contributed by atoms with E-state index in [0.717, 1.165) is 0 Å². The second kappa shape index (κ2) is 5.14. The molecule has 0 aliphatic carbocycles. The van der Waals surface area contributed by atoms with E-state index in [1.807, 2.05) is 6.92 Å². The van der Waals surface area contributed by atoms with Crippen LogP contribution in [0.25, 0.3) is 0 Å². The van der Waals surface area contributed by atoms with Gasteiger partial charge in [0.25, 0.3) is 0 Å². The third-order valence-corrected chi connectivity index (χ3v) is 2.74. The van der Waals surface area contributed by atoms with E-state index in [1.165, 1.54) is 20.4 Å². The molecule has 1 atom stereocenters. The molecule has 5 nitrogen and oxygen atoms in total. The largest absolute Gasteiger partial charge is 0.378 e. The van der Waals surface area contributed by atoms with Crippen LogP contribution in [0.3, 0.4) is 0 Å². The van der Waals surface area contributed by atoms with Crippen LogP contribution >= 0.6 is 11.6 Å². The number of halogens is 1. The summed E-state index contributed by atoms with van der Waals surface area (Å²) in [6, 6.07) is 0. The van der Waals surface area contributed by atoms with Crippen molar-refractivity contribution < 1.29 is 14.6 Å². The predicted octanol–water partition coefficient (Wildman–Crippen LogP) is 1.38. The first kappa shape index (κ1) is 13.4. The van der Waals surface area contributed by atoms with Gasteiger partial charge < -0.3 is 14.6 Å². The number of methoxy groups -OCH3 is 2. The topological polar surface area (TPSA) is 56.5 Å². The van der Waals surface area contributed by atoms with E-state index in [-0.39, 0.29) is 0 Å². The first-order chi connectivity index (χ1) is 7.48. The van der Waals surface area contributed by atoms with Gasteiger partial charge in [0, 0.05) is 20.8 Å². The molecule has 0 aliphatic heterocycles. The second-order valence-electron chi connectivity index (χ2n) is 3.61. The molecule has 0 amide bonds. The minimum Gasteiger partial charge on any atom is -0.378 e.